The monoisotopic (exact) mass is 795 g/mol. The second-order valence-corrected chi connectivity index (χ2v) is 15.4. The number of nitrogens with one attached hydrogen (secondary N) is 4. The molecule has 17 heteroatoms. The van der Waals surface area contributed by atoms with E-state index in [1.807, 2.05) is 54.8 Å². The summed E-state index contributed by atoms with van der Waals surface area (Å²) >= 11 is 1.47. The number of aromatic amines is 1. The van der Waals surface area contributed by atoms with Gasteiger partial charge in [0.25, 0.3) is 5.91 Å². The molecule has 7 rings (SSSR count). The molecule has 0 radical (unpaired) electrons. The molecule has 2 aliphatic rings. The van der Waals surface area contributed by atoms with Crippen LogP contribution in [0.5, 0.6) is 0 Å². The number of fused-ring (bicyclic) bond motifs is 1. The number of anilines is 1. The molecule has 0 unspecified atom stereocenters. The first-order valence-electron chi connectivity index (χ1n) is 18.8. The molecule has 5 aromatic rings. The standard InChI is InChI=1S/C40H45N9O7S/c1-23(2)32(45-39(53)55-3)36(51)48-18-8-12-28(48)34-41-20-27(42-34)24-14-16-25(17-15-24)30-21-47-22-31(44-38(47)57-30)43-35(50)29-13-9-19-49(29)37(52)33(46-40(54)56-4)26-10-6-5-7-11-26/h5-7,10-11,14-17,20-23,28-29,32-33H,8-9,12-13,18-19H2,1-4H3,(H,41,42)(H,43,50)(H,45,53)(H,46,54)/t28-,29-,32+,33-/m0/s1. The van der Waals surface area contributed by atoms with Crippen molar-refractivity contribution in [2.24, 2.45) is 5.92 Å². The Balaban J connectivity index is 0.994. The molecule has 4 atom stereocenters. The highest BCUT2D eigenvalue weighted by atomic mass is 32.1. The Kier molecular flexibility index (Phi) is 11.5. The van der Waals surface area contributed by atoms with Gasteiger partial charge in [0, 0.05) is 19.3 Å². The number of alkyl carbamates (subject to hydrolysis) is 2. The number of hydrogen-bond acceptors (Lipinski definition) is 10. The Labute approximate surface area is 333 Å². The SMILES string of the molecule is COC(=O)N[C@H](C(=O)N1CCC[C@H]1C(=O)Nc1cn2cc(-c3ccc(-c4cnc([C@@H]5CCCN5C(=O)[C@H](NC(=O)OC)C(C)C)[nH]4)cc3)sc2n1)c1ccccc1. The van der Waals surface area contributed by atoms with Gasteiger partial charge in [0.1, 0.15) is 23.9 Å². The lowest BCUT2D eigenvalue weighted by molar-refractivity contribution is -0.138. The third-order valence-electron chi connectivity index (χ3n) is 10.4. The number of methoxy groups -OCH3 is 2. The number of aromatic nitrogens is 4. The van der Waals surface area contributed by atoms with E-state index < -0.39 is 36.2 Å². The summed E-state index contributed by atoms with van der Waals surface area (Å²) in [6.07, 6.45) is 6.79. The summed E-state index contributed by atoms with van der Waals surface area (Å²) in [6, 6.07) is 14.2. The Morgan fingerprint density at radius 2 is 1.53 bits per heavy atom. The number of rotatable bonds is 11. The zero-order chi connectivity index (χ0) is 40.2. The predicted molar refractivity (Wildman–Crippen MR) is 212 cm³/mol. The molecule has 0 saturated carbocycles. The molecule has 3 aromatic heterocycles. The van der Waals surface area contributed by atoms with Gasteiger partial charge in [0.15, 0.2) is 10.8 Å². The number of carbonyl (C=O) groups excluding carboxylic acids is 5. The molecular weight excluding hydrogens is 751 g/mol. The highest BCUT2D eigenvalue weighted by Gasteiger charge is 2.39. The molecule has 57 heavy (non-hydrogen) atoms. The van der Waals surface area contributed by atoms with Crippen LogP contribution >= 0.6 is 11.3 Å². The lowest BCUT2D eigenvalue weighted by Crippen LogP contribution is -2.51. The molecule has 0 bridgehead atoms. The van der Waals surface area contributed by atoms with Crippen LogP contribution in [-0.4, -0.2) is 98.5 Å². The summed E-state index contributed by atoms with van der Waals surface area (Å²) in [5, 5.41) is 8.18. The quantitative estimate of drug-likeness (QED) is 0.133. The molecule has 5 amide bonds. The van der Waals surface area contributed by atoms with Crippen LogP contribution in [0.2, 0.25) is 0 Å². The van der Waals surface area contributed by atoms with Gasteiger partial charge in [-0.2, -0.15) is 0 Å². The van der Waals surface area contributed by atoms with Crippen molar-refractivity contribution in [1.82, 2.24) is 39.8 Å². The number of nitrogens with zero attached hydrogens (tertiary/aromatic N) is 5. The number of imidazole rings is 2. The van der Waals surface area contributed by atoms with E-state index in [-0.39, 0.29) is 23.8 Å². The number of ether oxygens (including phenoxy) is 2. The molecule has 2 fully saturated rings. The third-order valence-corrected chi connectivity index (χ3v) is 11.4. The van der Waals surface area contributed by atoms with Gasteiger partial charge in [-0.1, -0.05) is 79.8 Å². The number of thiazole rings is 1. The number of amides is 5. The van der Waals surface area contributed by atoms with E-state index in [0.29, 0.717) is 48.1 Å². The Hall–Kier alpha value is -6.23. The number of likely N-dealkylation sites (tertiary alicyclic amines) is 2. The van der Waals surface area contributed by atoms with Gasteiger partial charge in [-0.25, -0.2) is 19.6 Å². The summed E-state index contributed by atoms with van der Waals surface area (Å²) in [7, 11) is 2.51. The predicted octanol–water partition coefficient (Wildman–Crippen LogP) is 5.52. The lowest BCUT2D eigenvalue weighted by Gasteiger charge is -2.30. The summed E-state index contributed by atoms with van der Waals surface area (Å²) in [5.74, 6) is 0.0470. The summed E-state index contributed by atoms with van der Waals surface area (Å²) in [6.45, 7) is 4.73. The largest absolute Gasteiger partial charge is 0.453 e. The van der Waals surface area contributed by atoms with E-state index in [1.54, 1.807) is 41.6 Å². The molecule has 4 N–H and O–H groups in total. The van der Waals surface area contributed by atoms with Crippen molar-refractivity contribution < 1.29 is 33.4 Å². The van der Waals surface area contributed by atoms with Crippen LogP contribution in [0.3, 0.4) is 0 Å². The first-order valence-corrected chi connectivity index (χ1v) is 19.7. The van der Waals surface area contributed by atoms with Crippen molar-refractivity contribution in [3.05, 3.63) is 84.6 Å². The van der Waals surface area contributed by atoms with Crippen LogP contribution in [-0.2, 0) is 23.9 Å². The number of H-pyrrole nitrogens is 1. The summed E-state index contributed by atoms with van der Waals surface area (Å²) < 4.78 is 11.4. The number of hydrogen-bond donors (Lipinski definition) is 4. The topological polar surface area (TPSA) is 192 Å². The maximum absolute atomic E-state index is 13.7. The summed E-state index contributed by atoms with van der Waals surface area (Å²) in [5.41, 5.74) is 3.33. The van der Waals surface area contributed by atoms with Crippen molar-refractivity contribution in [3.63, 3.8) is 0 Å². The zero-order valence-corrected chi connectivity index (χ0v) is 32.9. The van der Waals surface area contributed by atoms with Gasteiger partial charge in [-0.15, -0.1) is 0 Å². The van der Waals surface area contributed by atoms with Gasteiger partial charge in [0.05, 0.1) is 43.2 Å². The molecule has 2 aliphatic heterocycles. The molecule has 298 valence electrons. The van der Waals surface area contributed by atoms with E-state index in [0.717, 1.165) is 34.5 Å². The highest BCUT2D eigenvalue weighted by molar-refractivity contribution is 7.20. The first-order chi connectivity index (χ1) is 27.5. The average Bonchev–Trinajstić information content (AvgIpc) is 4.07. The minimum Gasteiger partial charge on any atom is -0.453 e. The molecule has 0 spiro atoms. The van der Waals surface area contributed by atoms with Crippen LogP contribution in [0.1, 0.15) is 63.0 Å². The van der Waals surface area contributed by atoms with Gasteiger partial charge < -0.3 is 40.2 Å². The van der Waals surface area contributed by atoms with Crippen molar-refractivity contribution in [2.45, 2.75) is 63.7 Å². The van der Waals surface area contributed by atoms with Crippen LogP contribution < -0.4 is 16.0 Å². The Morgan fingerprint density at radius 1 is 0.842 bits per heavy atom. The average molecular weight is 796 g/mol. The third kappa shape index (κ3) is 8.33. The lowest BCUT2D eigenvalue weighted by atomic mass is 10.0. The summed E-state index contributed by atoms with van der Waals surface area (Å²) in [4.78, 5) is 82.5. The van der Waals surface area contributed by atoms with Crippen LogP contribution in [0, 0.1) is 5.92 Å². The molecule has 0 aliphatic carbocycles. The van der Waals surface area contributed by atoms with Gasteiger partial charge in [-0.05, 0) is 48.3 Å². The van der Waals surface area contributed by atoms with E-state index >= 15 is 0 Å². The molecule has 16 nitrogen and oxygen atoms in total. The minimum atomic E-state index is -1.00. The van der Waals surface area contributed by atoms with Gasteiger partial charge in [0.2, 0.25) is 11.8 Å². The zero-order valence-electron chi connectivity index (χ0n) is 32.1. The van der Waals surface area contributed by atoms with Crippen molar-refractivity contribution >= 4 is 52.0 Å². The molecular formula is C40H45N9O7S. The first kappa shape index (κ1) is 39.0. The fourth-order valence-electron chi connectivity index (χ4n) is 7.44. The molecule has 2 aromatic carbocycles. The van der Waals surface area contributed by atoms with Gasteiger partial charge >= 0.3 is 12.2 Å². The van der Waals surface area contributed by atoms with Crippen LogP contribution in [0.25, 0.3) is 26.7 Å². The number of benzene rings is 2. The van der Waals surface area contributed by atoms with E-state index in [9.17, 15) is 24.0 Å². The van der Waals surface area contributed by atoms with E-state index in [4.69, 9.17) is 9.47 Å². The normalized spacial score (nSPS) is 17.7. The van der Waals surface area contributed by atoms with Crippen molar-refractivity contribution in [1.29, 1.82) is 0 Å². The van der Waals surface area contributed by atoms with E-state index in [2.05, 4.69) is 30.9 Å². The minimum absolute atomic E-state index is 0.121. The Bertz CT molecular complexity index is 2220. The highest BCUT2D eigenvalue weighted by Crippen LogP contribution is 2.35. The fourth-order valence-corrected chi connectivity index (χ4v) is 8.41. The van der Waals surface area contributed by atoms with Crippen molar-refractivity contribution in [3.8, 4) is 21.7 Å². The van der Waals surface area contributed by atoms with Crippen molar-refractivity contribution in [2.75, 3.05) is 32.6 Å². The maximum Gasteiger partial charge on any atom is 0.407 e. The van der Waals surface area contributed by atoms with Crippen LogP contribution in [0.15, 0.2) is 73.2 Å². The van der Waals surface area contributed by atoms with Gasteiger partial charge in [-0.3, -0.25) is 18.8 Å². The number of carbonyl (C=O) groups is 5. The molecule has 2 saturated heterocycles. The van der Waals surface area contributed by atoms with E-state index in [1.165, 1.54) is 30.5 Å². The second-order valence-electron chi connectivity index (χ2n) is 14.4. The molecule has 5 heterocycles. The maximum atomic E-state index is 13.7. The second kappa shape index (κ2) is 16.9. The Morgan fingerprint density at radius 3 is 2.23 bits per heavy atom. The smallest absolute Gasteiger partial charge is 0.407 e. The van der Waals surface area contributed by atoms with Crippen LogP contribution in [0.4, 0.5) is 15.4 Å². The fraction of sp³-hybridized carbons (Fsp3) is 0.375.